The Labute approximate surface area is 163 Å². The molecular weight excluding hydrogens is 356 g/mol. The summed E-state index contributed by atoms with van der Waals surface area (Å²) in [7, 11) is 0. The van der Waals surface area contributed by atoms with E-state index in [2.05, 4.69) is 18.9 Å². The summed E-state index contributed by atoms with van der Waals surface area (Å²) >= 11 is 0. The van der Waals surface area contributed by atoms with Crippen LogP contribution in [-0.2, 0) is 0 Å². The van der Waals surface area contributed by atoms with Gasteiger partial charge in [0.25, 0.3) is 5.43 Å². The molecule has 28 heavy (non-hydrogen) atoms. The van der Waals surface area contributed by atoms with E-state index in [0.29, 0.717) is 18.2 Å². The molecule has 0 saturated carbocycles. The van der Waals surface area contributed by atoms with Crippen molar-refractivity contribution < 1.29 is 14.6 Å². The summed E-state index contributed by atoms with van der Waals surface area (Å²) in [5, 5.41) is 14.1. The summed E-state index contributed by atoms with van der Waals surface area (Å²) < 4.78 is 7.31. The Morgan fingerprint density at radius 3 is 2.43 bits per heavy atom. The van der Waals surface area contributed by atoms with Gasteiger partial charge in [0.05, 0.1) is 18.5 Å². The molecule has 2 aromatic carbocycles. The third-order valence-corrected chi connectivity index (χ3v) is 4.13. The van der Waals surface area contributed by atoms with Crippen molar-refractivity contribution in [3.63, 3.8) is 0 Å². The Kier molecular flexibility index (Phi) is 5.59. The molecule has 0 amide bonds. The van der Waals surface area contributed by atoms with E-state index < -0.39 is 17.0 Å². The van der Waals surface area contributed by atoms with Crippen molar-refractivity contribution >= 4 is 5.78 Å². The van der Waals surface area contributed by atoms with E-state index in [-0.39, 0.29) is 5.69 Å². The van der Waals surface area contributed by atoms with Gasteiger partial charge in [0.15, 0.2) is 17.2 Å². The van der Waals surface area contributed by atoms with Crippen LogP contribution in [0.4, 0.5) is 0 Å². The van der Waals surface area contributed by atoms with Crippen molar-refractivity contribution in [2.75, 3.05) is 6.61 Å². The summed E-state index contributed by atoms with van der Waals surface area (Å²) in [6, 6.07) is 15.0. The van der Waals surface area contributed by atoms with Crippen molar-refractivity contribution in [1.82, 2.24) is 9.78 Å². The topological polar surface area (TPSA) is 81.4 Å². The number of rotatable bonds is 6. The van der Waals surface area contributed by atoms with E-state index in [4.69, 9.17) is 4.74 Å². The molecule has 1 N–H and O–H groups in total. The first-order valence-corrected chi connectivity index (χ1v) is 9.04. The van der Waals surface area contributed by atoms with Crippen LogP contribution in [0.15, 0.2) is 59.5 Å². The number of hydrogen-bond donors (Lipinski definition) is 1. The lowest BCUT2D eigenvalue weighted by Crippen LogP contribution is -2.20. The van der Waals surface area contributed by atoms with Crippen molar-refractivity contribution in [2.24, 2.45) is 5.92 Å². The second-order valence-electron chi connectivity index (χ2n) is 6.91. The average molecular weight is 378 g/mol. The lowest BCUT2D eigenvalue weighted by atomic mass is 10.0. The SMILES string of the molecule is CC(=O)c1nn(-c2ccccc2-c2ccccc2OCC(C)C)cc(O)c1=O. The molecule has 0 aliphatic rings. The summed E-state index contributed by atoms with van der Waals surface area (Å²) in [5.41, 5.74) is 1.18. The molecule has 0 saturated heterocycles. The number of ether oxygens (including phenoxy) is 1. The number of aromatic nitrogens is 2. The maximum absolute atomic E-state index is 12.0. The van der Waals surface area contributed by atoms with Gasteiger partial charge in [0.1, 0.15) is 5.75 Å². The van der Waals surface area contributed by atoms with Crippen molar-refractivity contribution in [3.8, 4) is 28.3 Å². The smallest absolute Gasteiger partial charge is 0.252 e. The van der Waals surface area contributed by atoms with E-state index in [1.165, 1.54) is 17.8 Å². The second-order valence-corrected chi connectivity index (χ2v) is 6.91. The van der Waals surface area contributed by atoms with Crippen LogP contribution in [0.5, 0.6) is 11.5 Å². The van der Waals surface area contributed by atoms with Crippen LogP contribution in [0.25, 0.3) is 16.8 Å². The van der Waals surface area contributed by atoms with Gasteiger partial charge >= 0.3 is 0 Å². The molecule has 3 aromatic rings. The third kappa shape index (κ3) is 3.96. The predicted molar refractivity (Wildman–Crippen MR) is 107 cm³/mol. The number of benzene rings is 2. The summed E-state index contributed by atoms with van der Waals surface area (Å²) in [6.45, 7) is 5.97. The Morgan fingerprint density at radius 1 is 1.11 bits per heavy atom. The van der Waals surface area contributed by atoms with Crippen LogP contribution in [0.3, 0.4) is 0 Å². The predicted octanol–water partition coefficient (Wildman–Crippen LogP) is 3.84. The molecule has 0 bridgehead atoms. The quantitative estimate of drug-likeness (QED) is 0.659. The fourth-order valence-corrected chi connectivity index (χ4v) is 2.80. The Hall–Kier alpha value is -3.41. The largest absolute Gasteiger partial charge is 0.503 e. The monoisotopic (exact) mass is 378 g/mol. The number of Topliss-reactive ketones (excluding diaryl/α,β-unsaturated/α-hetero) is 1. The summed E-state index contributed by atoms with van der Waals surface area (Å²) in [5.74, 6) is 0.0619. The molecule has 6 heteroatoms. The fraction of sp³-hybridized carbons (Fsp3) is 0.227. The Morgan fingerprint density at radius 2 is 1.75 bits per heavy atom. The van der Waals surface area contributed by atoms with Crippen molar-refractivity contribution in [3.05, 3.63) is 70.6 Å². The summed E-state index contributed by atoms with van der Waals surface area (Å²) in [4.78, 5) is 23.7. The van der Waals surface area contributed by atoms with Crippen LogP contribution in [0.1, 0.15) is 31.3 Å². The van der Waals surface area contributed by atoms with E-state index in [1.54, 1.807) is 6.07 Å². The molecule has 1 heterocycles. The Bertz CT molecular complexity index is 1070. The lowest BCUT2D eigenvalue weighted by Gasteiger charge is -2.17. The minimum Gasteiger partial charge on any atom is -0.503 e. The van der Waals surface area contributed by atoms with Crippen LogP contribution in [0, 0.1) is 5.92 Å². The first-order valence-electron chi connectivity index (χ1n) is 9.04. The molecule has 0 spiro atoms. The highest BCUT2D eigenvalue weighted by Crippen LogP contribution is 2.34. The van der Waals surface area contributed by atoms with Gasteiger partial charge in [-0.05, 0) is 18.1 Å². The third-order valence-electron chi connectivity index (χ3n) is 4.13. The van der Waals surface area contributed by atoms with Crippen LogP contribution in [0.2, 0.25) is 0 Å². The van der Waals surface area contributed by atoms with Crippen molar-refractivity contribution in [2.45, 2.75) is 20.8 Å². The highest BCUT2D eigenvalue weighted by atomic mass is 16.5. The molecule has 144 valence electrons. The number of ketones is 1. The number of carbonyl (C=O) groups excluding carboxylic acids is 1. The molecule has 0 unspecified atom stereocenters. The highest BCUT2D eigenvalue weighted by molar-refractivity contribution is 5.92. The van der Waals surface area contributed by atoms with Gasteiger partial charge in [-0.25, -0.2) is 4.68 Å². The first kappa shape index (κ1) is 19.4. The maximum Gasteiger partial charge on any atom is 0.252 e. The molecule has 0 aliphatic carbocycles. The van der Waals surface area contributed by atoms with Gasteiger partial charge in [-0.2, -0.15) is 5.10 Å². The summed E-state index contributed by atoms with van der Waals surface area (Å²) in [6.07, 6.45) is 1.21. The number of carbonyl (C=O) groups is 1. The molecule has 3 rings (SSSR count). The number of nitrogens with zero attached hydrogens (tertiary/aromatic N) is 2. The number of hydrogen-bond acceptors (Lipinski definition) is 5. The molecule has 0 radical (unpaired) electrons. The first-order chi connectivity index (χ1) is 13.4. The molecule has 0 aliphatic heterocycles. The van der Waals surface area contributed by atoms with Crippen LogP contribution < -0.4 is 10.2 Å². The van der Waals surface area contributed by atoms with Crippen LogP contribution >= 0.6 is 0 Å². The molecule has 1 aromatic heterocycles. The highest BCUT2D eigenvalue weighted by Gasteiger charge is 2.17. The molecule has 6 nitrogen and oxygen atoms in total. The van der Waals surface area contributed by atoms with Gasteiger partial charge in [0.2, 0.25) is 0 Å². The standard InChI is InChI=1S/C22H22N2O4/c1-14(2)13-28-20-11-7-5-9-17(20)16-8-4-6-10-18(16)24-12-19(26)22(27)21(23-24)15(3)25/h4-12,14,26H,13H2,1-3H3. The lowest BCUT2D eigenvalue weighted by molar-refractivity contribution is 0.100. The van der Waals surface area contributed by atoms with Gasteiger partial charge in [-0.3, -0.25) is 9.59 Å². The fourth-order valence-electron chi connectivity index (χ4n) is 2.80. The zero-order valence-electron chi connectivity index (χ0n) is 16.0. The zero-order chi connectivity index (χ0) is 20.3. The van der Waals surface area contributed by atoms with E-state index in [1.807, 2.05) is 42.5 Å². The average Bonchev–Trinajstić information content (AvgIpc) is 2.68. The molecule has 0 fully saturated rings. The minimum atomic E-state index is -0.776. The van der Waals surface area contributed by atoms with Gasteiger partial charge in [-0.1, -0.05) is 50.2 Å². The van der Waals surface area contributed by atoms with Crippen molar-refractivity contribution in [1.29, 1.82) is 0 Å². The maximum atomic E-state index is 12.0. The number of aromatic hydroxyl groups is 1. The van der Waals surface area contributed by atoms with E-state index in [0.717, 1.165) is 16.9 Å². The zero-order valence-corrected chi connectivity index (χ0v) is 16.0. The van der Waals surface area contributed by atoms with Crippen LogP contribution in [-0.4, -0.2) is 27.3 Å². The van der Waals surface area contributed by atoms with Gasteiger partial charge in [0, 0.05) is 18.1 Å². The Balaban J connectivity index is 2.17. The normalized spacial score (nSPS) is 10.9. The minimum absolute atomic E-state index is 0.306. The molecular formula is C22H22N2O4. The van der Waals surface area contributed by atoms with Gasteiger partial charge < -0.3 is 9.84 Å². The van der Waals surface area contributed by atoms with Gasteiger partial charge in [-0.15, -0.1) is 0 Å². The second kappa shape index (κ2) is 8.08. The molecule has 0 atom stereocenters. The van der Waals surface area contributed by atoms with E-state index >= 15 is 0 Å². The number of para-hydroxylation sites is 2. The van der Waals surface area contributed by atoms with E-state index in [9.17, 15) is 14.7 Å².